The van der Waals surface area contributed by atoms with Crippen molar-refractivity contribution in [3.8, 4) is 0 Å². The van der Waals surface area contributed by atoms with Crippen LogP contribution in [0.25, 0.3) is 0 Å². The van der Waals surface area contributed by atoms with Gasteiger partial charge < -0.3 is 20.4 Å². The average Bonchev–Trinajstić information content (AvgIpc) is 2.71. The molecule has 1 aliphatic heterocycles. The molecule has 0 radical (unpaired) electrons. The van der Waals surface area contributed by atoms with Crippen LogP contribution in [0.2, 0.25) is 0 Å². The molecule has 118 valence electrons. The smallest absolute Gasteiger partial charge is 0.267 e. The normalized spacial score (nSPS) is 16.8. The number of nitrogen functional groups attached to an aromatic ring is 1. The number of hydrogen-bond acceptors (Lipinski definition) is 6. The molecule has 1 aromatic rings. The molecule has 1 amide bonds. The molecule has 0 saturated carbocycles. The standard InChI is InChI=1S/C14H25N5OS/c1-4-18(5-2)14-16-12(15)11(21-14)13(20)19-8-6-7-17(3)9-10-19/h4-10,15H2,1-3H3. The molecule has 2 heterocycles. The van der Waals surface area contributed by atoms with Crippen LogP contribution >= 0.6 is 11.3 Å². The molecule has 6 nitrogen and oxygen atoms in total. The van der Waals surface area contributed by atoms with Crippen LogP contribution in [0.4, 0.5) is 10.9 Å². The summed E-state index contributed by atoms with van der Waals surface area (Å²) in [6, 6.07) is 0. The lowest BCUT2D eigenvalue weighted by molar-refractivity contribution is 0.0768. The van der Waals surface area contributed by atoms with Crippen molar-refractivity contribution in [3.63, 3.8) is 0 Å². The summed E-state index contributed by atoms with van der Waals surface area (Å²) in [7, 11) is 2.09. The highest BCUT2D eigenvalue weighted by atomic mass is 32.1. The largest absolute Gasteiger partial charge is 0.382 e. The van der Waals surface area contributed by atoms with Crippen LogP contribution in [0.5, 0.6) is 0 Å². The van der Waals surface area contributed by atoms with Gasteiger partial charge in [0.1, 0.15) is 10.7 Å². The number of likely N-dealkylation sites (N-methyl/N-ethyl adjacent to an activating group) is 1. The van der Waals surface area contributed by atoms with E-state index in [-0.39, 0.29) is 5.91 Å². The number of anilines is 2. The van der Waals surface area contributed by atoms with Gasteiger partial charge in [-0.15, -0.1) is 0 Å². The molecule has 1 aliphatic rings. The van der Waals surface area contributed by atoms with Gasteiger partial charge >= 0.3 is 0 Å². The zero-order valence-electron chi connectivity index (χ0n) is 13.1. The summed E-state index contributed by atoms with van der Waals surface area (Å²) in [6.07, 6.45) is 1.00. The van der Waals surface area contributed by atoms with Crippen LogP contribution in [0.1, 0.15) is 29.9 Å². The quantitative estimate of drug-likeness (QED) is 0.909. The van der Waals surface area contributed by atoms with Gasteiger partial charge in [-0.3, -0.25) is 4.79 Å². The average molecular weight is 311 g/mol. The third-order valence-corrected chi connectivity index (χ3v) is 5.00. The first-order valence-electron chi connectivity index (χ1n) is 7.55. The van der Waals surface area contributed by atoms with Gasteiger partial charge in [-0.25, -0.2) is 4.98 Å². The minimum absolute atomic E-state index is 0.0266. The maximum absolute atomic E-state index is 12.7. The lowest BCUT2D eigenvalue weighted by Crippen LogP contribution is -2.34. The molecule has 21 heavy (non-hydrogen) atoms. The van der Waals surface area contributed by atoms with Crippen molar-refractivity contribution in [2.75, 3.05) is 56.9 Å². The SMILES string of the molecule is CCN(CC)c1nc(N)c(C(=O)N2CCCN(C)CC2)s1. The molecule has 0 unspecified atom stereocenters. The number of nitrogens with two attached hydrogens (primary N) is 1. The highest BCUT2D eigenvalue weighted by molar-refractivity contribution is 7.18. The van der Waals surface area contributed by atoms with Crippen LogP contribution in [-0.4, -0.2) is 67.0 Å². The van der Waals surface area contributed by atoms with Crippen molar-refractivity contribution in [2.45, 2.75) is 20.3 Å². The number of amides is 1. The first kappa shape index (κ1) is 16.0. The van der Waals surface area contributed by atoms with Gasteiger partial charge in [0.05, 0.1) is 0 Å². The van der Waals surface area contributed by atoms with Crippen LogP contribution in [-0.2, 0) is 0 Å². The molecule has 1 fully saturated rings. The lowest BCUT2D eigenvalue weighted by atomic mass is 10.3. The van der Waals surface area contributed by atoms with Gasteiger partial charge in [-0.05, 0) is 33.9 Å². The maximum atomic E-state index is 12.7. The van der Waals surface area contributed by atoms with Gasteiger partial charge in [0.2, 0.25) is 0 Å². The van der Waals surface area contributed by atoms with E-state index in [1.165, 1.54) is 11.3 Å². The van der Waals surface area contributed by atoms with Gasteiger partial charge in [0, 0.05) is 32.7 Å². The van der Waals surface area contributed by atoms with Crippen molar-refractivity contribution in [3.05, 3.63) is 4.88 Å². The Morgan fingerprint density at radius 3 is 2.67 bits per heavy atom. The van der Waals surface area contributed by atoms with E-state index in [2.05, 4.69) is 35.7 Å². The third-order valence-electron chi connectivity index (χ3n) is 3.88. The highest BCUT2D eigenvalue weighted by Crippen LogP contribution is 2.29. The summed E-state index contributed by atoms with van der Waals surface area (Å²) < 4.78 is 0. The molecule has 0 aromatic carbocycles. The van der Waals surface area contributed by atoms with E-state index in [1.54, 1.807) is 0 Å². The van der Waals surface area contributed by atoms with Crippen molar-refractivity contribution in [1.29, 1.82) is 0 Å². The second kappa shape index (κ2) is 7.09. The van der Waals surface area contributed by atoms with Crippen molar-refractivity contribution in [1.82, 2.24) is 14.8 Å². The zero-order valence-corrected chi connectivity index (χ0v) is 13.9. The Balaban J connectivity index is 2.15. The number of carbonyl (C=O) groups excluding carboxylic acids is 1. The fourth-order valence-electron chi connectivity index (χ4n) is 2.50. The molecule has 0 atom stereocenters. The summed E-state index contributed by atoms with van der Waals surface area (Å²) >= 11 is 1.41. The van der Waals surface area contributed by atoms with Gasteiger partial charge in [0.25, 0.3) is 5.91 Å². The van der Waals surface area contributed by atoms with E-state index in [9.17, 15) is 4.79 Å². The molecule has 0 aliphatic carbocycles. The molecular weight excluding hydrogens is 286 g/mol. The first-order chi connectivity index (χ1) is 10.1. The topological polar surface area (TPSA) is 65.7 Å². The van der Waals surface area contributed by atoms with Crippen LogP contribution in [0.15, 0.2) is 0 Å². The minimum atomic E-state index is 0.0266. The summed E-state index contributed by atoms with van der Waals surface area (Å²) in [5.41, 5.74) is 5.98. The summed E-state index contributed by atoms with van der Waals surface area (Å²) in [4.78, 5) is 23.9. The number of thiazole rings is 1. The number of rotatable bonds is 4. The molecule has 1 saturated heterocycles. The minimum Gasteiger partial charge on any atom is -0.382 e. The lowest BCUT2D eigenvalue weighted by Gasteiger charge is -2.20. The van der Waals surface area contributed by atoms with Crippen molar-refractivity contribution in [2.24, 2.45) is 0 Å². The maximum Gasteiger partial charge on any atom is 0.267 e. The Kier molecular flexibility index (Phi) is 5.41. The molecule has 1 aromatic heterocycles. The first-order valence-corrected chi connectivity index (χ1v) is 8.37. The monoisotopic (exact) mass is 311 g/mol. The second-order valence-corrected chi connectivity index (χ2v) is 6.31. The number of hydrogen-bond donors (Lipinski definition) is 1. The molecule has 2 rings (SSSR count). The fourth-order valence-corrected chi connectivity index (χ4v) is 3.58. The highest BCUT2D eigenvalue weighted by Gasteiger charge is 2.24. The van der Waals surface area contributed by atoms with Gasteiger partial charge in [-0.1, -0.05) is 11.3 Å². The van der Waals surface area contributed by atoms with Crippen molar-refractivity contribution >= 4 is 28.2 Å². The molecule has 7 heteroatoms. The van der Waals surface area contributed by atoms with Crippen LogP contribution in [0, 0.1) is 0 Å². The van der Waals surface area contributed by atoms with E-state index >= 15 is 0 Å². The third kappa shape index (κ3) is 3.65. The second-order valence-electron chi connectivity index (χ2n) is 5.33. The van der Waals surface area contributed by atoms with E-state index in [0.29, 0.717) is 10.7 Å². The molecule has 2 N–H and O–H groups in total. The van der Waals surface area contributed by atoms with E-state index in [4.69, 9.17) is 5.73 Å². The predicted octanol–water partition coefficient (Wildman–Crippen LogP) is 1.35. The molecule has 0 spiro atoms. The van der Waals surface area contributed by atoms with Crippen molar-refractivity contribution < 1.29 is 4.79 Å². The Hall–Kier alpha value is -1.34. The van der Waals surface area contributed by atoms with E-state index in [1.807, 2.05) is 4.90 Å². The Morgan fingerprint density at radius 2 is 2.00 bits per heavy atom. The predicted molar refractivity (Wildman–Crippen MR) is 88.1 cm³/mol. The zero-order chi connectivity index (χ0) is 15.4. The van der Waals surface area contributed by atoms with Gasteiger partial charge in [0.15, 0.2) is 5.13 Å². The Bertz CT molecular complexity index is 486. The van der Waals surface area contributed by atoms with Crippen LogP contribution < -0.4 is 10.6 Å². The Labute approximate surface area is 130 Å². The van der Waals surface area contributed by atoms with E-state index < -0.39 is 0 Å². The summed E-state index contributed by atoms with van der Waals surface area (Å²) in [5.74, 6) is 0.392. The molecular formula is C14H25N5OS. The fraction of sp³-hybridized carbons (Fsp3) is 0.714. The summed E-state index contributed by atoms with van der Waals surface area (Å²) in [5, 5.41) is 0.841. The van der Waals surface area contributed by atoms with E-state index in [0.717, 1.165) is 50.8 Å². The summed E-state index contributed by atoms with van der Waals surface area (Å²) in [6.45, 7) is 9.38. The number of carbonyl (C=O) groups is 1. The van der Waals surface area contributed by atoms with Crippen LogP contribution in [0.3, 0.4) is 0 Å². The van der Waals surface area contributed by atoms with Gasteiger partial charge in [-0.2, -0.15) is 0 Å². The number of nitrogens with zero attached hydrogens (tertiary/aromatic N) is 4. The molecule has 0 bridgehead atoms. The number of aromatic nitrogens is 1. The Morgan fingerprint density at radius 1 is 1.29 bits per heavy atom.